The van der Waals surface area contributed by atoms with Crippen molar-refractivity contribution in [1.29, 1.82) is 0 Å². The molecule has 1 saturated heterocycles. The molecule has 0 bridgehead atoms. The topological polar surface area (TPSA) is 38.1 Å². The van der Waals surface area contributed by atoms with E-state index >= 15 is 0 Å². The quantitative estimate of drug-likeness (QED) is 0.674. The van der Waals surface area contributed by atoms with Crippen LogP contribution < -0.4 is 4.90 Å². The van der Waals surface area contributed by atoms with Gasteiger partial charge >= 0.3 is 0 Å². The van der Waals surface area contributed by atoms with Crippen LogP contribution in [0.1, 0.15) is 18.2 Å². The number of aromatic nitrogens is 2. The molecule has 0 N–H and O–H groups in total. The number of hydrogen-bond acceptors (Lipinski definition) is 2. The van der Waals surface area contributed by atoms with Crippen molar-refractivity contribution in [2.24, 2.45) is 0 Å². The summed E-state index contributed by atoms with van der Waals surface area (Å²) in [6, 6.07) is 15.3. The normalized spacial score (nSPS) is 17.2. The third-order valence-corrected chi connectivity index (χ3v) is 4.89. The Kier molecular flexibility index (Phi) is 3.95. The fourth-order valence-corrected chi connectivity index (χ4v) is 3.69. The summed E-state index contributed by atoms with van der Waals surface area (Å²) in [5.74, 6) is 3.60. The van der Waals surface area contributed by atoms with Crippen LogP contribution in [0, 0.1) is 12.3 Å². The molecule has 1 atom stereocenters. The highest BCUT2D eigenvalue weighted by Gasteiger charge is 2.35. The molecule has 4 nitrogen and oxygen atoms in total. The molecule has 2 heterocycles. The van der Waals surface area contributed by atoms with Crippen LogP contribution in [0.2, 0.25) is 5.02 Å². The number of amides is 1. The monoisotopic (exact) mass is 349 g/mol. The maximum Gasteiger partial charge on any atom is 0.227 e. The molecule has 0 aliphatic carbocycles. The molecule has 5 heteroatoms. The van der Waals surface area contributed by atoms with Crippen LogP contribution in [0.4, 0.5) is 5.69 Å². The van der Waals surface area contributed by atoms with Gasteiger partial charge in [-0.1, -0.05) is 41.8 Å². The SMILES string of the molecule is C#CCn1c([C@@H]2CC(=O)N(c3ccccc3Cl)C2)nc2ccccc21. The predicted octanol–water partition coefficient (Wildman–Crippen LogP) is 3.84. The van der Waals surface area contributed by atoms with Gasteiger partial charge in [0, 0.05) is 18.9 Å². The lowest BCUT2D eigenvalue weighted by molar-refractivity contribution is -0.117. The van der Waals surface area contributed by atoms with Crippen molar-refractivity contribution in [3.05, 3.63) is 59.4 Å². The Morgan fingerprint density at radius 2 is 1.96 bits per heavy atom. The number of nitrogens with zero attached hydrogens (tertiary/aromatic N) is 3. The van der Waals surface area contributed by atoms with E-state index in [4.69, 9.17) is 23.0 Å². The Bertz CT molecular complexity index is 1000. The fourth-order valence-electron chi connectivity index (χ4n) is 3.45. The maximum absolute atomic E-state index is 12.6. The van der Waals surface area contributed by atoms with Gasteiger partial charge in [-0.15, -0.1) is 6.42 Å². The summed E-state index contributed by atoms with van der Waals surface area (Å²) >= 11 is 6.27. The number of para-hydroxylation sites is 3. The number of carbonyl (C=O) groups excluding carboxylic acids is 1. The van der Waals surface area contributed by atoms with Gasteiger partial charge in [-0.05, 0) is 24.3 Å². The van der Waals surface area contributed by atoms with Gasteiger partial charge in [-0.3, -0.25) is 4.79 Å². The first-order chi connectivity index (χ1) is 12.2. The van der Waals surface area contributed by atoms with E-state index in [-0.39, 0.29) is 11.8 Å². The van der Waals surface area contributed by atoms with Crippen LogP contribution in [-0.4, -0.2) is 22.0 Å². The van der Waals surface area contributed by atoms with Crippen molar-refractivity contribution in [1.82, 2.24) is 9.55 Å². The van der Waals surface area contributed by atoms with Crippen LogP contribution in [0.3, 0.4) is 0 Å². The van der Waals surface area contributed by atoms with E-state index in [9.17, 15) is 4.79 Å². The standard InChI is InChI=1S/C20H16ClN3O/c1-2-11-23-18-10-6-4-8-16(18)22-20(23)14-12-19(25)24(13-14)17-9-5-3-7-15(17)21/h1,3-10,14H,11-13H2/t14-/m1/s1. The molecule has 2 aromatic carbocycles. The highest BCUT2D eigenvalue weighted by atomic mass is 35.5. The number of hydrogen-bond donors (Lipinski definition) is 0. The second-order valence-corrected chi connectivity index (χ2v) is 6.51. The van der Waals surface area contributed by atoms with Gasteiger partial charge in [0.25, 0.3) is 0 Å². The Morgan fingerprint density at radius 3 is 2.76 bits per heavy atom. The lowest BCUT2D eigenvalue weighted by atomic mass is 10.1. The minimum atomic E-state index is -0.00970. The molecule has 3 aromatic rings. The van der Waals surface area contributed by atoms with Gasteiger partial charge in [-0.2, -0.15) is 0 Å². The lowest BCUT2D eigenvalue weighted by Gasteiger charge is -2.18. The number of halogens is 1. The van der Waals surface area contributed by atoms with E-state index in [1.807, 2.05) is 47.0 Å². The lowest BCUT2D eigenvalue weighted by Crippen LogP contribution is -2.24. The molecule has 1 amide bonds. The van der Waals surface area contributed by atoms with Crippen molar-refractivity contribution in [2.75, 3.05) is 11.4 Å². The molecule has 1 fully saturated rings. The number of carbonyl (C=O) groups is 1. The summed E-state index contributed by atoms with van der Waals surface area (Å²) in [6.45, 7) is 0.989. The third-order valence-electron chi connectivity index (χ3n) is 4.57. The molecule has 124 valence electrons. The molecule has 0 radical (unpaired) electrons. The second kappa shape index (κ2) is 6.27. The zero-order chi connectivity index (χ0) is 17.4. The Balaban J connectivity index is 1.73. The molecular formula is C20H16ClN3O. The van der Waals surface area contributed by atoms with Gasteiger partial charge in [0.15, 0.2) is 0 Å². The largest absolute Gasteiger partial charge is 0.316 e. The molecule has 4 rings (SSSR count). The molecule has 1 aliphatic rings. The highest BCUT2D eigenvalue weighted by Crippen LogP contribution is 2.35. The number of imidazole rings is 1. The van der Waals surface area contributed by atoms with Crippen molar-refractivity contribution in [3.63, 3.8) is 0 Å². The molecule has 0 unspecified atom stereocenters. The first kappa shape index (κ1) is 15.7. The van der Waals surface area contributed by atoms with Gasteiger partial charge in [-0.25, -0.2) is 4.98 Å². The van der Waals surface area contributed by atoms with E-state index < -0.39 is 0 Å². The smallest absolute Gasteiger partial charge is 0.227 e. The fraction of sp³-hybridized carbons (Fsp3) is 0.200. The van der Waals surface area contributed by atoms with E-state index in [0.717, 1.165) is 22.5 Å². The van der Waals surface area contributed by atoms with Crippen LogP contribution >= 0.6 is 11.6 Å². The van der Waals surface area contributed by atoms with Crippen molar-refractivity contribution >= 4 is 34.2 Å². The van der Waals surface area contributed by atoms with Crippen molar-refractivity contribution in [2.45, 2.75) is 18.9 Å². The molecule has 0 spiro atoms. The van der Waals surface area contributed by atoms with E-state index in [0.29, 0.717) is 24.5 Å². The minimum Gasteiger partial charge on any atom is -0.316 e. The average Bonchev–Trinajstić information content (AvgIpc) is 3.17. The first-order valence-corrected chi connectivity index (χ1v) is 8.50. The molecule has 25 heavy (non-hydrogen) atoms. The van der Waals surface area contributed by atoms with Crippen molar-refractivity contribution < 1.29 is 4.79 Å². The Morgan fingerprint density at radius 1 is 1.20 bits per heavy atom. The Labute approximate surface area is 151 Å². The predicted molar refractivity (Wildman–Crippen MR) is 99.7 cm³/mol. The molecular weight excluding hydrogens is 334 g/mol. The van der Waals surface area contributed by atoms with Gasteiger partial charge < -0.3 is 9.47 Å². The van der Waals surface area contributed by atoms with Crippen LogP contribution in [-0.2, 0) is 11.3 Å². The third kappa shape index (κ3) is 2.67. The highest BCUT2D eigenvalue weighted by molar-refractivity contribution is 6.33. The maximum atomic E-state index is 12.6. The summed E-state index contributed by atoms with van der Waals surface area (Å²) in [5, 5.41) is 0.577. The number of anilines is 1. The van der Waals surface area contributed by atoms with E-state index in [1.165, 1.54) is 0 Å². The van der Waals surface area contributed by atoms with E-state index in [2.05, 4.69) is 5.92 Å². The Hall–Kier alpha value is -2.77. The summed E-state index contributed by atoms with van der Waals surface area (Å²) in [6.07, 6.45) is 5.95. The van der Waals surface area contributed by atoms with Gasteiger partial charge in [0.1, 0.15) is 5.82 Å². The minimum absolute atomic E-state index is 0.00970. The number of benzene rings is 2. The number of terminal acetylenes is 1. The molecule has 1 aliphatic heterocycles. The van der Waals surface area contributed by atoms with Crippen molar-refractivity contribution in [3.8, 4) is 12.3 Å². The van der Waals surface area contributed by atoms with E-state index in [1.54, 1.807) is 11.0 Å². The average molecular weight is 350 g/mol. The number of fused-ring (bicyclic) bond motifs is 1. The first-order valence-electron chi connectivity index (χ1n) is 8.12. The number of rotatable bonds is 3. The van der Waals surface area contributed by atoms with Crippen LogP contribution in [0.5, 0.6) is 0 Å². The van der Waals surface area contributed by atoms with Gasteiger partial charge in [0.05, 0.1) is 28.3 Å². The zero-order valence-electron chi connectivity index (χ0n) is 13.5. The molecule has 1 aromatic heterocycles. The summed E-state index contributed by atoms with van der Waals surface area (Å²) in [5.41, 5.74) is 2.65. The summed E-state index contributed by atoms with van der Waals surface area (Å²) < 4.78 is 2.03. The summed E-state index contributed by atoms with van der Waals surface area (Å²) in [7, 11) is 0. The summed E-state index contributed by atoms with van der Waals surface area (Å²) in [4.78, 5) is 19.1. The van der Waals surface area contributed by atoms with Crippen LogP contribution in [0.15, 0.2) is 48.5 Å². The molecule has 0 saturated carbocycles. The van der Waals surface area contributed by atoms with Gasteiger partial charge in [0.2, 0.25) is 5.91 Å². The zero-order valence-corrected chi connectivity index (χ0v) is 14.3. The van der Waals surface area contributed by atoms with Crippen LogP contribution in [0.25, 0.3) is 11.0 Å². The second-order valence-electron chi connectivity index (χ2n) is 6.11.